The van der Waals surface area contributed by atoms with Crippen molar-refractivity contribution in [3.63, 3.8) is 0 Å². The molecule has 0 fully saturated rings. The van der Waals surface area contributed by atoms with E-state index < -0.39 is 5.60 Å². The molecule has 2 aromatic rings. The van der Waals surface area contributed by atoms with Crippen LogP contribution in [0.5, 0.6) is 11.5 Å². The minimum Gasteiger partial charge on any atom is -0.496 e. The van der Waals surface area contributed by atoms with Gasteiger partial charge in [0.25, 0.3) is 0 Å². The monoisotopic (exact) mass is 258 g/mol. The number of methoxy groups -OCH3 is 2. The molecule has 1 atom stereocenters. The van der Waals surface area contributed by atoms with E-state index in [-0.39, 0.29) is 0 Å². The molecule has 3 nitrogen and oxygen atoms in total. The van der Waals surface area contributed by atoms with Gasteiger partial charge < -0.3 is 14.6 Å². The number of rotatable bonds is 4. The van der Waals surface area contributed by atoms with Crippen LogP contribution < -0.4 is 9.47 Å². The van der Waals surface area contributed by atoms with E-state index in [1.54, 1.807) is 21.1 Å². The van der Waals surface area contributed by atoms with E-state index in [2.05, 4.69) is 0 Å². The van der Waals surface area contributed by atoms with Crippen LogP contribution in [-0.4, -0.2) is 19.3 Å². The molecule has 0 aliphatic heterocycles. The fourth-order valence-corrected chi connectivity index (χ4v) is 2.24. The fraction of sp³-hybridized carbons (Fsp3) is 0.250. The summed E-state index contributed by atoms with van der Waals surface area (Å²) in [4.78, 5) is 0. The van der Waals surface area contributed by atoms with Gasteiger partial charge in [0, 0.05) is 0 Å². The molecule has 0 amide bonds. The molecular formula is C16H18O3. The molecule has 2 rings (SSSR count). The lowest BCUT2D eigenvalue weighted by Crippen LogP contribution is -2.24. The Kier molecular flexibility index (Phi) is 3.76. The maximum absolute atomic E-state index is 10.9. The van der Waals surface area contributed by atoms with Gasteiger partial charge >= 0.3 is 0 Å². The second kappa shape index (κ2) is 5.33. The van der Waals surface area contributed by atoms with Gasteiger partial charge in [0.15, 0.2) is 0 Å². The second-order valence-electron chi connectivity index (χ2n) is 4.48. The summed E-state index contributed by atoms with van der Waals surface area (Å²) in [5.41, 5.74) is 0.239. The smallest absolute Gasteiger partial charge is 0.129 e. The Morgan fingerprint density at radius 2 is 1.37 bits per heavy atom. The average molecular weight is 258 g/mol. The summed E-state index contributed by atoms with van der Waals surface area (Å²) < 4.78 is 10.7. The lowest BCUT2D eigenvalue weighted by molar-refractivity contribution is 0.0956. The molecule has 0 heterocycles. The quantitative estimate of drug-likeness (QED) is 0.916. The first-order valence-electron chi connectivity index (χ1n) is 6.10. The van der Waals surface area contributed by atoms with E-state index in [9.17, 15) is 5.11 Å². The van der Waals surface area contributed by atoms with Crippen LogP contribution in [0.3, 0.4) is 0 Å². The van der Waals surface area contributed by atoms with E-state index in [1.807, 2.05) is 48.5 Å². The molecule has 3 heteroatoms. The van der Waals surface area contributed by atoms with Gasteiger partial charge in [-0.1, -0.05) is 36.4 Å². The summed E-state index contributed by atoms with van der Waals surface area (Å²) in [5.74, 6) is 1.21. The summed E-state index contributed by atoms with van der Waals surface area (Å²) in [6, 6.07) is 14.9. The zero-order valence-electron chi connectivity index (χ0n) is 11.4. The molecule has 0 bridgehead atoms. The maximum atomic E-state index is 10.9. The Bertz CT molecular complexity index is 525. The molecular weight excluding hydrogens is 240 g/mol. The maximum Gasteiger partial charge on any atom is 0.129 e. The first-order valence-corrected chi connectivity index (χ1v) is 6.10. The highest BCUT2D eigenvalue weighted by Gasteiger charge is 2.32. The van der Waals surface area contributed by atoms with Crippen molar-refractivity contribution in [2.24, 2.45) is 0 Å². The zero-order valence-corrected chi connectivity index (χ0v) is 11.4. The molecule has 0 spiro atoms. The molecule has 0 radical (unpaired) electrons. The van der Waals surface area contributed by atoms with Crippen molar-refractivity contribution in [2.75, 3.05) is 14.2 Å². The summed E-state index contributed by atoms with van der Waals surface area (Å²) >= 11 is 0. The predicted molar refractivity (Wildman–Crippen MR) is 74.7 cm³/mol. The molecule has 0 aliphatic carbocycles. The molecule has 0 aromatic heterocycles. The topological polar surface area (TPSA) is 38.7 Å². The molecule has 0 aliphatic rings. The SMILES string of the molecule is COc1cccc(OC)c1C(C)(O)c1ccccc1. The lowest BCUT2D eigenvalue weighted by Gasteiger charge is -2.28. The van der Waals surface area contributed by atoms with Gasteiger partial charge in [-0.05, 0) is 24.6 Å². The minimum absolute atomic E-state index is 0.605. The Hall–Kier alpha value is -2.00. The third kappa shape index (κ3) is 2.42. The van der Waals surface area contributed by atoms with E-state index >= 15 is 0 Å². The fourth-order valence-electron chi connectivity index (χ4n) is 2.24. The van der Waals surface area contributed by atoms with E-state index in [4.69, 9.17) is 9.47 Å². The molecule has 1 N–H and O–H groups in total. The normalized spacial score (nSPS) is 13.7. The van der Waals surface area contributed by atoms with Crippen molar-refractivity contribution in [2.45, 2.75) is 12.5 Å². The van der Waals surface area contributed by atoms with Crippen molar-refractivity contribution in [1.82, 2.24) is 0 Å². The van der Waals surface area contributed by atoms with Crippen LogP contribution >= 0.6 is 0 Å². The summed E-state index contributed by atoms with van der Waals surface area (Å²) in [5, 5.41) is 10.9. The third-order valence-electron chi connectivity index (χ3n) is 3.25. The summed E-state index contributed by atoms with van der Waals surface area (Å²) in [7, 11) is 3.17. The Morgan fingerprint density at radius 3 is 1.84 bits per heavy atom. The molecule has 19 heavy (non-hydrogen) atoms. The average Bonchev–Trinajstić information content (AvgIpc) is 2.47. The Balaban J connectivity index is 2.63. The van der Waals surface area contributed by atoms with Gasteiger partial charge in [-0.15, -0.1) is 0 Å². The highest BCUT2D eigenvalue weighted by atomic mass is 16.5. The number of aliphatic hydroxyl groups is 1. The third-order valence-corrected chi connectivity index (χ3v) is 3.25. The van der Waals surface area contributed by atoms with Crippen LogP contribution in [0, 0.1) is 0 Å². The largest absolute Gasteiger partial charge is 0.496 e. The minimum atomic E-state index is -1.18. The van der Waals surface area contributed by atoms with Crippen molar-refractivity contribution in [1.29, 1.82) is 0 Å². The van der Waals surface area contributed by atoms with Crippen LogP contribution in [-0.2, 0) is 5.60 Å². The van der Waals surface area contributed by atoms with Crippen molar-refractivity contribution in [3.05, 3.63) is 59.7 Å². The molecule has 0 saturated carbocycles. The number of hydrogen-bond donors (Lipinski definition) is 1. The van der Waals surface area contributed by atoms with Crippen LogP contribution in [0.1, 0.15) is 18.1 Å². The first kappa shape index (κ1) is 13.4. The molecule has 2 aromatic carbocycles. The zero-order chi connectivity index (χ0) is 13.9. The van der Waals surface area contributed by atoms with Crippen molar-refractivity contribution >= 4 is 0 Å². The molecule has 100 valence electrons. The number of hydrogen-bond acceptors (Lipinski definition) is 3. The van der Waals surface area contributed by atoms with Gasteiger partial charge in [-0.25, -0.2) is 0 Å². The van der Waals surface area contributed by atoms with Crippen LogP contribution in [0.2, 0.25) is 0 Å². The highest BCUT2D eigenvalue weighted by Crippen LogP contribution is 2.41. The molecule has 1 unspecified atom stereocenters. The molecule has 0 saturated heterocycles. The number of benzene rings is 2. The van der Waals surface area contributed by atoms with Gasteiger partial charge in [0.05, 0.1) is 19.8 Å². The lowest BCUT2D eigenvalue weighted by atomic mass is 9.87. The van der Waals surface area contributed by atoms with Gasteiger partial charge in [0.1, 0.15) is 17.1 Å². The summed E-state index contributed by atoms with van der Waals surface area (Å²) in [6.07, 6.45) is 0. The number of ether oxygens (including phenoxy) is 2. The van der Waals surface area contributed by atoms with E-state index in [0.717, 1.165) is 5.56 Å². The summed E-state index contributed by atoms with van der Waals surface area (Å²) in [6.45, 7) is 1.74. The Labute approximate surface area is 113 Å². The van der Waals surface area contributed by atoms with E-state index in [0.29, 0.717) is 17.1 Å². The van der Waals surface area contributed by atoms with Gasteiger partial charge in [-0.2, -0.15) is 0 Å². The van der Waals surface area contributed by atoms with Crippen molar-refractivity contribution < 1.29 is 14.6 Å². The Morgan fingerprint density at radius 1 is 0.842 bits per heavy atom. The van der Waals surface area contributed by atoms with E-state index in [1.165, 1.54) is 0 Å². The first-order chi connectivity index (χ1) is 9.11. The standard InChI is InChI=1S/C16H18O3/c1-16(17,12-8-5-4-6-9-12)15-13(18-2)10-7-11-14(15)19-3/h4-11,17H,1-3H3. The van der Waals surface area contributed by atoms with Crippen LogP contribution in [0.15, 0.2) is 48.5 Å². The van der Waals surface area contributed by atoms with Gasteiger partial charge in [0.2, 0.25) is 0 Å². The van der Waals surface area contributed by atoms with Gasteiger partial charge in [-0.3, -0.25) is 0 Å². The highest BCUT2D eigenvalue weighted by molar-refractivity contribution is 5.52. The van der Waals surface area contributed by atoms with Crippen LogP contribution in [0.25, 0.3) is 0 Å². The van der Waals surface area contributed by atoms with Crippen molar-refractivity contribution in [3.8, 4) is 11.5 Å². The second-order valence-corrected chi connectivity index (χ2v) is 4.48. The van der Waals surface area contributed by atoms with Crippen LogP contribution in [0.4, 0.5) is 0 Å². The predicted octanol–water partition coefficient (Wildman–Crippen LogP) is 2.96.